The maximum Gasteiger partial charge on any atom is 0.225 e. The van der Waals surface area contributed by atoms with Crippen LogP contribution in [0.2, 0.25) is 0 Å². The van der Waals surface area contributed by atoms with Gasteiger partial charge in [0, 0.05) is 25.0 Å². The van der Waals surface area contributed by atoms with E-state index in [1.54, 1.807) is 0 Å². The maximum atomic E-state index is 11.8. The van der Waals surface area contributed by atoms with Gasteiger partial charge in [0.2, 0.25) is 5.91 Å². The zero-order chi connectivity index (χ0) is 9.54. The van der Waals surface area contributed by atoms with Crippen LogP contribution in [0, 0.1) is 11.8 Å². The summed E-state index contributed by atoms with van der Waals surface area (Å²) in [6.07, 6.45) is 4.87. The Bertz CT molecular complexity index is 236. The van der Waals surface area contributed by atoms with Crippen LogP contribution >= 0.6 is 0 Å². The summed E-state index contributed by atoms with van der Waals surface area (Å²) >= 11 is 0. The molecule has 14 heavy (non-hydrogen) atoms. The second kappa shape index (κ2) is 3.23. The summed E-state index contributed by atoms with van der Waals surface area (Å²) in [5, 5.41) is 3.53. The number of amides is 1. The standard InChI is InChI=1S/C11H18N2O/c14-11(8-3-4-8)13-6-9-2-1-5-12-10(9)7-13/h8-10,12H,1-7H2/t9-,10+/m0/s1. The van der Waals surface area contributed by atoms with E-state index in [2.05, 4.69) is 10.2 Å². The minimum Gasteiger partial charge on any atom is -0.341 e. The minimum absolute atomic E-state index is 0.398. The number of hydrogen-bond donors (Lipinski definition) is 1. The van der Waals surface area contributed by atoms with E-state index >= 15 is 0 Å². The fourth-order valence-electron chi connectivity index (χ4n) is 2.82. The average Bonchev–Trinajstić information content (AvgIpc) is 2.95. The third-order valence-electron chi connectivity index (χ3n) is 3.84. The van der Waals surface area contributed by atoms with Crippen molar-refractivity contribution in [3.8, 4) is 0 Å². The van der Waals surface area contributed by atoms with Crippen LogP contribution in [-0.2, 0) is 4.79 Å². The molecule has 78 valence electrons. The molecule has 2 saturated heterocycles. The van der Waals surface area contributed by atoms with E-state index in [-0.39, 0.29) is 0 Å². The first-order chi connectivity index (χ1) is 6.84. The fraction of sp³-hybridized carbons (Fsp3) is 0.909. The zero-order valence-corrected chi connectivity index (χ0v) is 8.54. The monoisotopic (exact) mass is 194 g/mol. The lowest BCUT2D eigenvalue weighted by atomic mass is 9.94. The van der Waals surface area contributed by atoms with Crippen molar-refractivity contribution < 1.29 is 4.79 Å². The van der Waals surface area contributed by atoms with E-state index in [9.17, 15) is 4.79 Å². The lowest BCUT2D eigenvalue weighted by Gasteiger charge is -2.24. The van der Waals surface area contributed by atoms with E-state index in [0.717, 1.165) is 38.4 Å². The molecule has 1 aliphatic carbocycles. The third kappa shape index (κ3) is 1.44. The zero-order valence-electron chi connectivity index (χ0n) is 8.54. The third-order valence-corrected chi connectivity index (χ3v) is 3.84. The molecule has 2 heterocycles. The molecular formula is C11H18N2O. The molecule has 2 aliphatic heterocycles. The van der Waals surface area contributed by atoms with Crippen LogP contribution < -0.4 is 5.32 Å². The van der Waals surface area contributed by atoms with Crippen molar-refractivity contribution >= 4 is 5.91 Å². The van der Waals surface area contributed by atoms with Gasteiger partial charge in [0.15, 0.2) is 0 Å². The smallest absolute Gasteiger partial charge is 0.225 e. The van der Waals surface area contributed by atoms with Crippen molar-refractivity contribution in [1.29, 1.82) is 0 Å². The summed E-state index contributed by atoms with van der Waals surface area (Å²) in [5.41, 5.74) is 0. The molecule has 0 radical (unpaired) electrons. The first kappa shape index (κ1) is 8.72. The molecule has 0 spiro atoms. The van der Waals surface area contributed by atoms with E-state index < -0.39 is 0 Å². The number of nitrogens with one attached hydrogen (secondary N) is 1. The van der Waals surface area contributed by atoms with Gasteiger partial charge in [0.05, 0.1) is 0 Å². The highest BCUT2D eigenvalue weighted by Crippen LogP contribution is 2.34. The molecule has 1 N–H and O–H groups in total. The molecule has 0 aromatic heterocycles. The Labute approximate surface area is 84.8 Å². The number of rotatable bonds is 1. The number of piperidine rings is 1. The first-order valence-corrected chi connectivity index (χ1v) is 5.87. The summed E-state index contributed by atoms with van der Waals surface area (Å²) in [6, 6.07) is 0.603. The van der Waals surface area contributed by atoms with Gasteiger partial charge in [0.1, 0.15) is 0 Å². The molecule has 0 aromatic rings. The van der Waals surface area contributed by atoms with Crippen LogP contribution in [0.1, 0.15) is 25.7 Å². The maximum absolute atomic E-state index is 11.8. The molecule has 3 rings (SSSR count). The number of fused-ring (bicyclic) bond motifs is 1. The predicted molar refractivity (Wildman–Crippen MR) is 53.8 cm³/mol. The quantitative estimate of drug-likeness (QED) is 0.663. The van der Waals surface area contributed by atoms with Gasteiger partial charge in [-0.05, 0) is 38.1 Å². The average molecular weight is 194 g/mol. The number of hydrogen-bond acceptors (Lipinski definition) is 2. The Morgan fingerprint density at radius 1 is 1.21 bits per heavy atom. The molecule has 3 heteroatoms. The summed E-state index contributed by atoms with van der Waals surface area (Å²) in [5.74, 6) is 1.57. The lowest BCUT2D eigenvalue weighted by molar-refractivity contribution is -0.131. The molecule has 3 nitrogen and oxygen atoms in total. The number of carbonyl (C=O) groups excluding carboxylic acids is 1. The highest BCUT2D eigenvalue weighted by molar-refractivity contribution is 5.81. The van der Waals surface area contributed by atoms with Crippen molar-refractivity contribution in [2.24, 2.45) is 11.8 Å². The van der Waals surface area contributed by atoms with Crippen molar-refractivity contribution in [1.82, 2.24) is 10.2 Å². The molecule has 3 fully saturated rings. The molecule has 1 amide bonds. The van der Waals surface area contributed by atoms with Gasteiger partial charge in [-0.2, -0.15) is 0 Å². The van der Waals surface area contributed by atoms with Gasteiger partial charge < -0.3 is 10.2 Å². The summed E-state index contributed by atoms with van der Waals surface area (Å²) in [4.78, 5) is 14.0. The second-order valence-electron chi connectivity index (χ2n) is 4.98. The second-order valence-corrected chi connectivity index (χ2v) is 4.98. The SMILES string of the molecule is O=C(C1CC1)N1C[C@@H]2CCCN[C@@H]2C1. The Balaban J connectivity index is 1.64. The van der Waals surface area contributed by atoms with Gasteiger partial charge in [-0.1, -0.05) is 0 Å². The highest BCUT2D eigenvalue weighted by atomic mass is 16.2. The molecule has 3 aliphatic rings. The van der Waals surface area contributed by atoms with Gasteiger partial charge in [-0.15, -0.1) is 0 Å². The molecule has 1 saturated carbocycles. The minimum atomic E-state index is 0.398. The normalized spacial score (nSPS) is 37.0. The highest BCUT2D eigenvalue weighted by Gasteiger charge is 2.41. The van der Waals surface area contributed by atoms with Gasteiger partial charge in [-0.25, -0.2) is 0 Å². The number of carbonyl (C=O) groups is 1. The van der Waals surface area contributed by atoms with Crippen LogP contribution in [-0.4, -0.2) is 36.5 Å². The van der Waals surface area contributed by atoms with Crippen molar-refractivity contribution in [2.45, 2.75) is 31.7 Å². The van der Waals surface area contributed by atoms with E-state index in [1.165, 1.54) is 12.8 Å². The Kier molecular flexibility index (Phi) is 2.01. The summed E-state index contributed by atoms with van der Waals surface area (Å²) < 4.78 is 0. The van der Waals surface area contributed by atoms with Crippen LogP contribution in [0.15, 0.2) is 0 Å². The largest absolute Gasteiger partial charge is 0.341 e. The number of nitrogens with zero attached hydrogens (tertiary/aromatic N) is 1. The van der Waals surface area contributed by atoms with Gasteiger partial charge >= 0.3 is 0 Å². The Morgan fingerprint density at radius 3 is 2.79 bits per heavy atom. The van der Waals surface area contributed by atoms with Crippen LogP contribution in [0.5, 0.6) is 0 Å². The van der Waals surface area contributed by atoms with Crippen LogP contribution in [0.25, 0.3) is 0 Å². The Hall–Kier alpha value is -0.570. The van der Waals surface area contributed by atoms with Crippen molar-refractivity contribution in [2.75, 3.05) is 19.6 Å². The van der Waals surface area contributed by atoms with Gasteiger partial charge in [-0.3, -0.25) is 4.79 Å². The molecule has 2 atom stereocenters. The van der Waals surface area contributed by atoms with Crippen molar-refractivity contribution in [3.63, 3.8) is 0 Å². The van der Waals surface area contributed by atoms with Crippen molar-refractivity contribution in [3.05, 3.63) is 0 Å². The molecule has 0 bridgehead atoms. The summed E-state index contributed by atoms with van der Waals surface area (Å²) in [6.45, 7) is 3.14. The lowest BCUT2D eigenvalue weighted by Crippen LogP contribution is -2.41. The van der Waals surface area contributed by atoms with E-state index in [0.29, 0.717) is 17.9 Å². The van der Waals surface area contributed by atoms with Crippen LogP contribution in [0.4, 0.5) is 0 Å². The Morgan fingerprint density at radius 2 is 2.07 bits per heavy atom. The topological polar surface area (TPSA) is 32.3 Å². The predicted octanol–water partition coefficient (Wildman–Crippen LogP) is 0.607. The van der Waals surface area contributed by atoms with E-state index in [4.69, 9.17) is 0 Å². The number of likely N-dealkylation sites (tertiary alicyclic amines) is 1. The van der Waals surface area contributed by atoms with Gasteiger partial charge in [0.25, 0.3) is 0 Å². The molecule has 0 unspecified atom stereocenters. The molecular weight excluding hydrogens is 176 g/mol. The summed E-state index contributed by atoms with van der Waals surface area (Å²) in [7, 11) is 0. The fourth-order valence-corrected chi connectivity index (χ4v) is 2.82. The first-order valence-electron chi connectivity index (χ1n) is 5.87. The van der Waals surface area contributed by atoms with E-state index in [1.807, 2.05) is 0 Å². The van der Waals surface area contributed by atoms with Crippen LogP contribution in [0.3, 0.4) is 0 Å². The molecule has 0 aromatic carbocycles.